The highest BCUT2D eigenvalue weighted by molar-refractivity contribution is 7.91. The summed E-state index contributed by atoms with van der Waals surface area (Å²) < 4.78 is 22.5. The molecule has 0 aromatic carbocycles. The van der Waals surface area contributed by atoms with Crippen LogP contribution in [-0.2, 0) is 19.4 Å². The van der Waals surface area contributed by atoms with Crippen LogP contribution in [0.5, 0.6) is 0 Å². The average Bonchev–Trinajstić information content (AvgIpc) is 2.37. The third kappa shape index (κ3) is 1.90. The average molecular weight is 251 g/mol. The Bertz CT molecular complexity index is 414. The molecule has 3 atom stereocenters. The highest BCUT2D eigenvalue weighted by atomic mass is 32.2. The number of carboxylic acid groups (broad SMARTS) is 1. The molecule has 0 saturated carbocycles. The number of primary amides is 1. The summed E-state index contributed by atoms with van der Waals surface area (Å²) in [4.78, 5) is 22.1. The van der Waals surface area contributed by atoms with Crippen molar-refractivity contribution >= 4 is 21.7 Å². The minimum Gasteiger partial charge on any atom is -0.480 e. The summed E-state index contributed by atoms with van der Waals surface area (Å²) in [6.07, 6.45) is -1.38. The number of aliphatic hydroxyl groups is 1. The van der Waals surface area contributed by atoms with Crippen molar-refractivity contribution in [3.63, 3.8) is 0 Å². The number of hydrogen-bond donors (Lipinski definition) is 3. The fraction of sp³-hybridized carbons (Fsp3) is 0.750. The van der Waals surface area contributed by atoms with E-state index in [1.807, 2.05) is 0 Å². The van der Waals surface area contributed by atoms with Gasteiger partial charge in [0.05, 0.1) is 17.6 Å². The fourth-order valence-electron chi connectivity index (χ4n) is 1.83. The third-order valence-corrected chi connectivity index (χ3v) is 4.74. The van der Waals surface area contributed by atoms with E-state index in [4.69, 9.17) is 10.8 Å². The first-order chi connectivity index (χ1) is 7.11. The van der Waals surface area contributed by atoms with E-state index >= 15 is 0 Å². The molecule has 0 bridgehead atoms. The van der Waals surface area contributed by atoms with Gasteiger partial charge >= 0.3 is 5.97 Å². The molecule has 0 spiro atoms. The van der Waals surface area contributed by atoms with Crippen molar-refractivity contribution in [3.05, 3.63) is 0 Å². The van der Waals surface area contributed by atoms with Crippen LogP contribution < -0.4 is 5.73 Å². The lowest BCUT2D eigenvalue weighted by Crippen LogP contribution is -2.50. The van der Waals surface area contributed by atoms with Gasteiger partial charge in [0.15, 0.2) is 9.84 Å². The number of carbonyl (C=O) groups excluding carboxylic acids is 1. The van der Waals surface area contributed by atoms with Crippen LogP contribution in [0.15, 0.2) is 0 Å². The lowest BCUT2D eigenvalue weighted by atomic mass is 9.75. The Hall–Kier alpha value is -1.15. The lowest BCUT2D eigenvalue weighted by molar-refractivity contribution is -0.159. The Morgan fingerprint density at radius 1 is 1.38 bits per heavy atom. The number of carboxylic acids is 1. The molecule has 3 unspecified atom stereocenters. The normalized spacial score (nSPS) is 31.9. The molecule has 8 heteroatoms. The second-order valence-electron chi connectivity index (χ2n) is 4.12. The van der Waals surface area contributed by atoms with Crippen LogP contribution in [0.25, 0.3) is 0 Å². The molecule has 0 aromatic heterocycles. The summed E-state index contributed by atoms with van der Waals surface area (Å²) >= 11 is 0. The van der Waals surface area contributed by atoms with Gasteiger partial charge in [0.1, 0.15) is 5.41 Å². The molecular formula is C8H13NO6S. The molecule has 0 radical (unpaired) electrons. The number of amides is 1. The van der Waals surface area contributed by atoms with Crippen molar-refractivity contribution in [3.8, 4) is 0 Å². The molecule has 92 valence electrons. The van der Waals surface area contributed by atoms with E-state index in [2.05, 4.69) is 0 Å². The van der Waals surface area contributed by atoms with Crippen molar-refractivity contribution in [1.29, 1.82) is 0 Å². The maximum absolute atomic E-state index is 11.2. The molecule has 1 heterocycles. The predicted octanol–water partition coefficient (Wildman–Crippen LogP) is -2.03. The molecule has 4 N–H and O–H groups in total. The van der Waals surface area contributed by atoms with Crippen LogP contribution in [0.2, 0.25) is 0 Å². The van der Waals surface area contributed by atoms with Gasteiger partial charge in [-0.2, -0.15) is 0 Å². The number of sulfone groups is 1. The van der Waals surface area contributed by atoms with E-state index in [9.17, 15) is 23.1 Å². The summed E-state index contributed by atoms with van der Waals surface area (Å²) in [7, 11) is -3.52. The summed E-state index contributed by atoms with van der Waals surface area (Å²) in [5.41, 5.74) is 2.91. The maximum Gasteiger partial charge on any atom is 0.319 e. The zero-order valence-corrected chi connectivity index (χ0v) is 9.40. The van der Waals surface area contributed by atoms with Crippen LogP contribution >= 0.6 is 0 Å². The van der Waals surface area contributed by atoms with Gasteiger partial charge in [-0.1, -0.05) is 0 Å². The third-order valence-electron chi connectivity index (χ3n) is 3.02. The second-order valence-corrected chi connectivity index (χ2v) is 6.28. The van der Waals surface area contributed by atoms with E-state index in [0.717, 1.165) is 6.92 Å². The number of aliphatic hydroxyl groups excluding tert-OH is 1. The Balaban J connectivity index is 3.17. The predicted molar refractivity (Wildman–Crippen MR) is 53.1 cm³/mol. The van der Waals surface area contributed by atoms with Gasteiger partial charge in [0, 0.05) is 5.92 Å². The standard InChI is InChI=1S/C8H13NO6S/c1-8(6(9)11,7(12)13)4-2-16(14,15)3-5(4)10/h4-5,10H,2-3H2,1H3,(H2,9,11)(H,12,13). The van der Waals surface area contributed by atoms with Gasteiger partial charge in [-0.25, -0.2) is 8.42 Å². The highest BCUT2D eigenvalue weighted by Gasteiger charge is 2.55. The zero-order valence-electron chi connectivity index (χ0n) is 8.58. The molecular weight excluding hydrogens is 238 g/mol. The van der Waals surface area contributed by atoms with Crippen LogP contribution in [0.3, 0.4) is 0 Å². The molecule has 1 rings (SSSR count). The zero-order chi connectivity index (χ0) is 12.7. The Morgan fingerprint density at radius 2 is 1.88 bits per heavy atom. The van der Waals surface area contributed by atoms with Gasteiger partial charge in [-0.3, -0.25) is 9.59 Å². The van der Waals surface area contributed by atoms with Crippen LogP contribution in [0.4, 0.5) is 0 Å². The summed E-state index contributed by atoms with van der Waals surface area (Å²) in [5, 5.41) is 18.5. The quantitative estimate of drug-likeness (QED) is 0.495. The summed E-state index contributed by atoms with van der Waals surface area (Å²) in [6, 6.07) is 0. The molecule has 1 amide bonds. The summed E-state index contributed by atoms with van der Waals surface area (Å²) in [5.74, 6) is -4.96. The highest BCUT2D eigenvalue weighted by Crippen LogP contribution is 2.36. The summed E-state index contributed by atoms with van der Waals surface area (Å²) in [6.45, 7) is 1.03. The van der Waals surface area contributed by atoms with Gasteiger partial charge in [-0.15, -0.1) is 0 Å². The first kappa shape index (κ1) is 12.9. The first-order valence-electron chi connectivity index (χ1n) is 4.53. The molecule has 1 aliphatic heterocycles. The smallest absolute Gasteiger partial charge is 0.319 e. The monoisotopic (exact) mass is 251 g/mol. The minimum atomic E-state index is -3.52. The van der Waals surface area contributed by atoms with Gasteiger partial charge in [0.2, 0.25) is 5.91 Å². The molecule has 1 saturated heterocycles. The van der Waals surface area contributed by atoms with Crippen LogP contribution in [-0.4, -0.2) is 48.1 Å². The SMILES string of the molecule is CC(C(N)=O)(C(=O)O)C1CS(=O)(=O)CC1O. The van der Waals surface area contributed by atoms with Crippen LogP contribution in [0.1, 0.15) is 6.92 Å². The van der Waals surface area contributed by atoms with Crippen molar-refractivity contribution in [2.45, 2.75) is 13.0 Å². The maximum atomic E-state index is 11.2. The number of nitrogens with two attached hydrogens (primary N) is 1. The van der Waals surface area contributed by atoms with Crippen LogP contribution in [0, 0.1) is 11.3 Å². The molecule has 1 fully saturated rings. The number of hydrogen-bond acceptors (Lipinski definition) is 5. The first-order valence-corrected chi connectivity index (χ1v) is 6.35. The lowest BCUT2D eigenvalue weighted by Gasteiger charge is -2.28. The minimum absolute atomic E-state index is 0.534. The van der Waals surface area contributed by atoms with Gasteiger partial charge in [0.25, 0.3) is 0 Å². The molecule has 16 heavy (non-hydrogen) atoms. The second kappa shape index (κ2) is 3.70. The van der Waals surface area contributed by atoms with E-state index in [0.29, 0.717) is 0 Å². The van der Waals surface area contributed by atoms with E-state index < -0.39 is 50.7 Å². The van der Waals surface area contributed by atoms with E-state index in [-0.39, 0.29) is 0 Å². The molecule has 0 aromatic rings. The topological polar surface area (TPSA) is 135 Å². The van der Waals surface area contributed by atoms with Crippen molar-refractivity contribution in [2.75, 3.05) is 11.5 Å². The van der Waals surface area contributed by atoms with Gasteiger partial charge < -0.3 is 15.9 Å². The van der Waals surface area contributed by atoms with E-state index in [1.54, 1.807) is 0 Å². The largest absolute Gasteiger partial charge is 0.480 e. The number of rotatable bonds is 3. The number of carbonyl (C=O) groups is 2. The van der Waals surface area contributed by atoms with Crippen molar-refractivity contribution < 1.29 is 28.2 Å². The van der Waals surface area contributed by atoms with Crippen molar-refractivity contribution in [2.24, 2.45) is 17.1 Å². The molecule has 0 aliphatic carbocycles. The molecule has 7 nitrogen and oxygen atoms in total. The molecule has 1 aliphatic rings. The Labute approximate surface area is 92.2 Å². The fourth-order valence-corrected chi connectivity index (χ4v) is 3.82. The Kier molecular flexibility index (Phi) is 2.99. The Morgan fingerprint density at radius 3 is 2.12 bits per heavy atom. The van der Waals surface area contributed by atoms with Gasteiger partial charge in [-0.05, 0) is 6.92 Å². The van der Waals surface area contributed by atoms with E-state index in [1.165, 1.54) is 0 Å². The number of aliphatic carboxylic acids is 1. The van der Waals surface area contributed by atoms with Crippen molar-refractivity contribution in [1.82, 2.24) is 0 Å².